The van der Waals surface area contributed by atoms with Crippen molar-refractivity contribution in [1.29, 1.82) is 0 Å². The molecule has 0 amide bonds. The molecule has 0 aromatic carbocycles. The molecule has 2 atom stereocenters. The summed E-state index contributed by atoms with van der Waals surface area (Å²) in [5, 5.41) is 0. The lowest BCUT2D eigenvalue weighted by Crippen LogP contribution is -2.01. The Labute approximate surface area is 55.0 Å². The molecule has 0 unspecified atom stereocenters. The predicted molar refractivity (Wildman–Crippen MR) is 38.2 cm³/mol. The third kappa shape index (κ3) is 0.680. The average Bonchev–Trinajstić information content (AvgIpc) is 2.15. The maximum Gasteiger partial charge on any atom is -0.00361 e. The van der Waals surface area contributed by atoms with Crippen molar-refractivity contribution in [2.45, 2.75) is 19.3 Å². The summed E-state index contributed by atoms with van der Waals surface area (Å²) in [6.45, 7) is 0. The predicted octanol–water partition coefficient (Wildman–Crippen LogP) is 2.15. The molecule has 0 aromatic rings. The van der Waals surface area contributed by atoms with Gasteiger partial charge in [0.2, 0.25) is 0 Å². The molecule has 46 valence electrons. The molecule has 0 radical (unpaired) electrons. The number of fused-ring (bicyclic) bond motifs is 1. The molecule has 2 aliphatic rings. The van der Waals surface area contributed by atoms with Crippen LogP contribution in [-0.2, 0) is 0 Å². The van der Waals surface area contributed by atoms with Crippen LogP contribution in [0.3, 0.4) is 0 Å². The van der Waals surface area contributed by atoms with Crippen LogP contribution in [0.5, 0.6) is 0 Å². The Hall–Kier alpha value is 0.350. The van der Waals surface area contributed by atoms with Crippen molar-refractivity contribution in [3.63, 3.8) is 0 Å². The van der Waals surface area contributed by atoms with Crippen molar-refractivity contribution in [3.05, 3.63) is 0 Å². The fraction of sp³-hybridized carbons (Fsp3) is 1.00. The molecular formula is C7H12S. The lowest BCUT2D eigenvalue weighted by Gasteiger charge is -2.03. The van der Waals surface area contributed by atoms with Gasteiger partial charge in [-0.3, -0.25) is 0 Å². The highest BCUT2D eigenvalue weighted by molar-refractivity contribution is 7.99. The molecule has 0 N–H and O–H groups in total. The minimum atomic E-state index is 1.14. The quantitative estimate of drug-likeness (QED) is 0.481. The van der Waals surface area contributed by atoms with Crippen molar-refractivity contribution in [1.82, 2.24) is 0 Å². The summed E-state index contributed by atoms with van der Waals surface area (Å²) in [7, 11) is 0. The molecule has 2 rings (SSSR count). The van der Waals surface area contributed by atoms with Crippen LogP contribution in [-0.4, -0.2) is 11.5 Å². The zero-order chi connectivity index (χ0) is 5.40. The summed E-state index contributed by atoms with van der Waals surface area (Å²) >= 11 is 2.17. The van der Waals surface area contributed by atoms with Crippen LogP contribution in [0.4, 0.5) is 0 Å². The first kappa shape index (κ1) is 5.16. The maximum atomic E-state index is 2.17. The van der Waals surface area contributed by atoms with Gasteiger partial charge in [-0.25, -0.2) is 0 Å². The van der Waals surface area contributed by atoms with Crippen LogP contribution >= 0.6 is 11.8 Å². The van der Waals surface area contributed by atoms with Crippen LogP contribution in [0.25, 0.3) is 0 Å². The van der Waals surface area contributed by atoms with Gasteiger partial charge >= 0.3 is 0 Å². The number of hydrogen-bond donors (Lipinski definition) is 0. The molecule has 1 heteroatoms. The van der Waals surface area contributed by atoms with Gasteiger partial charge in [0.15, 0.2) is 0 Å². The first-order chi connectivity index (χ1) is 3.97. The van der Waals surface area contributed by atoms with E-state index in [1.165, 1.54) is 30.8 Å². The highest BCUT2D eigenvalue weighted by Gasteiger charge is 2.31. The Morgan fingerprint density at radius 1 is 1.00 bits per heavy atom. The van der Waals surface area contributed by atoms with Crippen LogP contribution in [0.2, 0.25) is 0 Å². The highest BCUT2D eigenvalue weighted by Crippen LogP contribution is 2.41. The summed E-state index contributed by atoms with van der Waals surface area (Å²) in [6.07, 6.45) is 4.60. The molecule has 2 fully saturated rings. The first-order valence-corrected chi connectivity index (χ1v) is 4.70. The van der Waals surface area contributed by atoms with E-state index in [-0.39, 0.29) is 0 Å². The minimum absolute atomic E-state index is 1.14. The Morgan fingerprint density at radius 2 is 1.62 bits per heavy atom. The molecule has 1 aliphatic carbocycles. The monoisotopic (exact) mass is 128 g/mol. The lowest BCUT2D eigenvalue weighted by atomic mass is 10.0. The van der Waals surface area contributed by atoms with Crippen molar-refractivity contribution in [2.75, 3.05) is 11.5 Å². The molecule has 0 nitrogen and oxygen atoms in total. The first-order valence-electron chi connectivity index (χ1n) is 3.54. The summed E-state index contributed by atoms with van der Waals surface area (Å²) in [6, 6.07) is 0. The Bertz CT molecular complexity index is 70.4. The molecule has 0 aromatic heterocycles. The van der Waals surface area contributed by atoms with Crippen LogP contribution in [0.1, 0.15) is 19.3 Å². The van der Waals surface area contributed by atoms with Gasteiger partial charge in [0.05, 0.1) is 0 Å². The van der Waals surface area contributed by atoms with E-state index in [4.69, 9.17) is 0 Å². The van der Waals surface area contributed by atoms with Crippen molar-refractivity contribution < 1.29 is 0 Å². The molecule has 1 heterocycles. The van der Waals surface area contributed by atoms with E-state index >= 15 is 0 Å². The SMILES string of the molecule is C1C[C@@H]2CSC[C@@H]2C1. The topological polar surface area (TPSA) is 0 Å². The number of rotatable bonds is 0. The van der Waals surface area contributed by atoms with E-state index < -0.39 is 0 Å². The van der Waals surface area contributed by atoms with Gasteiger partial charge in [0.25, 0.3) is 0 Å². The number of hydrogen-bond acceptors (Lipinski definition) is 1. The van der Waals surface area contributed by atoms with Gasteiger partial charge in [-0.2, -0.15) is 11.8 Å². The van der Waals surface area contributed by atoms with Gasteiger partial charge in [-0.1, -0.05) is 6.42 Å². The molecular weight excluding hydrogens is 116 g/mol. The van der Waals surface area contributed by atoms with Gasteiger partial charge < -0.3 is 0 Å². The Kier molecular flexibility index (Phi) is 1.25. The van der Waals surface area contributed by atoms with Crippen molar-refractivity contribution in [2.24, 2.45) is 11.8 Å². The van der Waals surface area contributed by atoms with Gasteiger partial charge in [-0.05, 0) is 36.2 Å². The van der Waals surface area contributed by atoms with E-state index in [0.29, 0.717) is 0 Å². The summed E-state index contributed by atoms with van der Waals surface area (Å²) < 4.78 is 0. The van der Waals surface area contributed by atoms with E-state index in [0.717, 1.165) is 11.8 Å². The largest absolute Gasteiger partial charge is 0.161 e. The molecule has 0 spiro atoms. The fourth-order valence-corrected chi connectivity index (χ4v) is 3.54. The van der Waals surface area contributed by atoms with Gasteiger partial charge in [0.1, 0.15) is 0 Å². The molecule has 1 saturated carbocycles. The van der Waals surface area contributed by atoms with Crippen LogP contribution in [0.15, 0.2) is 0 Å². The summed E-state index contributed by atoms with van der Waals surface area (Å²) in [5.41, 5.74) is 0. The maximum absolute atomic E-state index is 2.17. The third-order valence-corrected chi connectivity index (χ3v) is 3.81. The molecule has 8 heavy (non-hydrogen) atoms. The second-order valence-electron chi connectivity index (χ2n) is 2.99. The van der Waals surface area contributed by atoms with Gasteiger partial charge in [0, 0.05) is 0 Å². The van der Waals surface area contributed by atoms with Crippen molar-refractivity contribution in [3.8, 4) is 0 Å². The minimum Gasteiger partial charge on any atom is -0.161 e. The third-order valence-electron chi connectivity index (χ3n) is 2.48. The summed E-state index contributed by atoms with van der Waals surface area (Å²) in [4.78, 5) is 0. The van der Waals surface area contributed by atoms with E-state index in [1.54, 1.807) is 0 Å². The molecule has 0 bridgehead atoms. The molecule has 1 aliphatic heterocycles. The van der Waals surface area contributed by atoms with Gasteiger partial charge in [-0.15, -0.1) is 0 Å². The standard InChI is InChI=1S/C7H12S/c1-2-6-4-8-5-7(6)3-1/h6-7H,1-5H2/t6-,7+. The fourth-order valence-electron chi connectivity index (χ4n) is 1.92. The van der Waals surface area contributed by atoms with E-state index in [2.05, 4.69) is 11.8 Å². The molecule has 1 saturated heterocycles. The van der Waals surface area contributed by atoms with E-state index in [9.17, 15) is 0 Å². The summed E-state index contributed by atoms with van der Waals surface area (Å²) in [5.74, 6) is 5.23. The second-order valence-corrected chi connectivity index (χ2v) is 4.06. The lowest BCUT2D eigenvalue weighted by molar-refractivity contribution is 0.494. The zero-order valence-corrected chi connectivity index (χ0v) is 5.91. The van der Waals surface area contributed by atoms with Crippen LogP contribution in [0, 0.1) is 11.8 Å². The Balaban J connectivity index is 2.04. The van der Waals surface area contributed by atoms with Crippen molar-refractivity contribution >= 4 is 11.8 Å². The average molecular weight is 128 g/mol. The number of thioether (sulfide) groups is 1. The normalized spacial score (nSPS) is 45.0. The smallest absolute Gasteiger partial charge is 0.00361 e. The van der Waals surface area contributed by atoms with E-state index in [1.807, 2.05) is 0 Å². The highest BCUT2D eigenvalue weighted by atomic mass is 32.2. The zero-order valence-electron chi connectivity index (χ0n) is 5.10. The van der Waals surface area contributed by atoms with Crippen LogP contribution < -0.4 is 0 Å². The second kappa shape index (κ2) is 1.94. The Morgan fingerprint density at radius 3 is 2.25 bits per heavy atom.